The molecule has 0 radical (unpaired) electrons. The SMILES string of the molecule is CC(=O)OC[C@H]1OC(n2cc3c4c(ncnc42)NC(=O)C=C3N)[C@](C)(OC(=O)CCN2CCOCC2)[C@@H]1OC(C)=O. The number of rotatable bonds is 8. The van der Waals surface area contributed by atoms with Gasteiger partial charge in [0.2, 0.25) is 0 Å². The zero-order chi connectivity index (χ0) is 29.3. The quantitative estimate of drug-likeness (QED) is 0.321. The number of hydrogen-bond acceptors (Lipinski definition) is 13. The predicted octanol–water partition coefficient (Wildman–Crippen LogP) is 0.0994. The second kappa shape index (κ2) is 11.4. The number of nitrogens with two attached hydrogens (primary N) is 1. The molecule has 220 valence electrons. The smallest absolute Gasteiger partial charge is 0.307 e. The van der Waals surface area contributed by atoms with Gasteiger partial charge in [-0.15, -0.1) is 0 Å². The van der Waals surface area contributed by atoms with Crippen LogP contribution in [0.2, 0.25) is 0 Å². The zero-order valence-corrected chi connectivity index (χ0v) is 23.0. The molecule has 1 unspecified atom stereocenters. The highest BCUT2D eigenvalue weighted by Crippen LogP contribution is 2.46. The van der Waals surface area contributed by atoms with Crippen LogP contribution in [0.3, 0.4) is 0 Å². The van der Waals surface area contributed by atoms with Crippen LogP contribution < -0.4 is 11.1 Å². The molecular weight excluding hydrogens is 540 g/mol. The van der Waals surface area contributed by atoms with Crippen molar-refractivity contribution in [3.63, 3.8) is 0 Å². The summed E-state index contributed by atoms with van der Waals surface area (Å²) >= 11 is 0. The average molecular weight is 573 g/mol. The Morgan fingerprint density at radius 1 is 1.20 bits per heavy atom. The van der Waals surface area contributed by atoms with Gasteiger partial charge in [0.15, 0.2) is 17.9 Å². The highest BCUT2D eigenvalue weighted by molar-refractivity contribution is 6.13. The minimum absolute atomic E-state index is 0.0649. The molecule has 15 heteroatoms. The zero-order valence-electron chi connectivity index (χ0n) is 23.0. The van der Waals surface area contributed by atoms with Crippen LogP contribution in [-0.4, -0.2) is 101 Å². The van der Waals surface area contributed by atoms with E-state index in [9.17, 15) is 19.2 Å². The number of aromatic nitrogens is 3. The van der Waals surface area contributed by atoms with Crippen molar-refractivity contribution in [2.24, 2.45) is 5.73 Å². The molecule has 3 aliphatic rings. The highest BCUT2D eigenvalue weighted by atomic mass is 16.7. The fourth-order valence-electron chi connectivity index (χ4n) is 5.35. The number of hydrogen-bond donors (Lipinski definition) is 2. The van der Waals surface area contributed by atoms with Gasteiger partial charge in [0.1, 0.15) is 30.5 Å². The molecule has 4 atom stereocenters. The van der Waals surface area contributed by atoms with E-state index in [0.717, 1.165) is 0 Å². The number of amides is 1. The van der Waals surface area contributed by atoms with E-state index in [1.807, 2.05) is 0 Å². The topological polar surface area (TPSA) is 186 Å². The van der Waals surface area contributed by atoms with E-state index in [4.69, 9.17) is 29.4 Å². The maximum atomic E-state index is 13.3. The summed E-state index contributed by atoms with van der Waals surface area (Å²) in [7, 11) is 0. The maximum Gasteiger partial charge on any atom is 0.307 e. The van der Waals surface area contributed by atoms with E-state index in [1.54, 1.807) is 17.7 Å². The Balaban J connectivity index is 1.54. The van der Waals surface area contributed by atoms with E-state index >= 15 is 0 Å². The predicted molar refractivity (Wildman–Crippen MR) is 141 cm³/mol. The first-order valence-electron chi connectivity index (χ1n) is 13.2. The average Bonchev–Trinajstić information content (AvgIpc) is 3.38. The molecule has 0 spiro atoms. The lowest BCUT2D eigenvalue weighted by Crippen LogP contribution is -2.50. The van der Waals surface area contributed by atoms with Crippen LogP contribution in [0.15, 0.2) is 18.6 Å². The van der Waals surface area contributed by atoms with Crippen LogP contribution in [0, 0.1) is 0 Å². The Kier molecular flexibility index (Phi) is 7.93. The second-order valence-electron chi connectivity index (χ2n) is 10.2. The van der Waals surface area contributed by atoms with Gasteiger partial charge in [0.05, 0.1) is 25.0 Å². The van der Waals surface area contributed by atoms with Crippen molar-refractivity contribution in [3.8, 4) is 0 Å². The Bertz CT molecular complexity index is 1400. The van der Waals surface area contributed by atoms with Gasteiger partial charge in [-0.05, 0) is 6.92 Å². The lowest BCUT2D eigenvalue weighted by atomic mass is 9.95. The van der Waals surface area contributed by atoms with Crippen LogP contribution in [0.4, 0.5) is 5.82 Å². The van der Waals surface area contributed by atoms with E-state index in [1.165, 1.54) is 26.3 Å². The van der Waals surface area contributed by atoms with Crippen LogP contribution in [0.5, 0.6) is 0 Å². The third-order valence-electron chi connectivity index (χ3n) is 7.21. The molecule has 5 rings (SSSR count). The summed E-state index contributed by atoms with van der Waals surface area (Å²) < 4.78 is 30.3. The van der Waals surface area contributed by atoms with Crippen molar-refractivity contribution in [2.75, 3.05) is 44.8 Å². The van der Waals surface area contributed by atoms with E-state index < -0.39 is 47.9 Å². The van der Waals surface area contributed by atoms with Gasteiger partial charge in [-0.2, -0.15) is 0 Å². The van der Waals surface area contributed by atoms with Gasteiger partial charge in [-0.3, -0.25) is 24.1 Å². The third-order valence-corrected chi connectivity index (χ3v) is 7.21. The Hall–Kier alpha value is -4.08. The molecule has 2 saturated heterocycles. The summed E-state index contributed by atoms with van der Waals surface area (Å²) in [6.45, 7) is 6.79. The van der Waals surface area contributed by atoms with E-state index in [0.29, 0.717) is 49.4 Å². The van der Waals surface area contributed by atoms with Crippen molar-refractivity contribution < 1.29 is 42.9 Å². The summed E-state index contributed by atoms with van der Waals surface area (Å²) in [4.78, 5) is 60.1. The molecule has 0 saturated carbocycles. The number of carbonyl (C=O) groups excluding carboxylic acids is 4. The molecule has 41 heavy (non-hydrogen) atoms. The molecule has 2 aromatic heterocycles. The number of nitrogens with zero attached hydrogens (tertiary/aromatic N) is 4. The fraction of sp³-hybridized carbons (Fsp3) is 0.538. The normalized spacial score (nSPS) is 26.2. The number of anilines is 1. The summed E-state index contributed by atoms with van der Waals surface area (Å²) in [5.74, 6) is -1.96. The van der Waals surface area contributed by atoms with Gasteiger partial charge in [-0.25, -0.2) is 9.97 Å². The first-order valence-corrected chi connectivity index (χ1v) is 13.2. The molecule has 3 N–H and O–H groups in total. The molecule has 15 nitrogen and oxygen atoms in total. The maximum absolute atomic E-state index is 13.3. The summed E-state index contributed by atoms with van der Waals surface area (Å²) in [5, 5.41) is 3.12. The molecule has 2 fully saturated rings. The molecule has 0 aliphatic carbocycles. The standard InChI is InChI=1S/C26H32N6O9/c1-14(33)38-12-18-22(39-15(2)34)26(3,41-20(36)4-5-31-6-8-37-9-7-31)25(40-18)32-11-16-17(27)10-19(35)30-23-21(16)24(32)29-13-28-23/h10-11,13,18,22,25H,4-9,12,27H2,1-3H3,(H,28,29,30,35)/t18-,22-,25?,26-/m1/s1. The number of morpholine rings is 1. The molecule has 0 aromatic carbocycles. The molecule has 3 aliphatic heterocycles. The molecule has 2 aromatic rings. The number of carbonyl (C=O) groups is 4. The number of ether oxygens (including phenoxy) is 5. The van der Waals surface area contributed by atoms with Crippen molar-refractivity contribution in [2.45, 2.75) is 51.2 Å². The van der Waals surface area contributed by atoms with Crippen molar-refractivity contribution in [1.29, 1.82) is 0 Å². The number of esters is 3. The Morgan fingerprint density at radius 2 is 1.95 bits per heavy atom. The second-order valence-corrected chi connectivity index (χ2v) is 10.2. The lowest BCUT2D eigenvalue weighted by Gasteiger charge is -2.35. The molecule has 1 amide bonds. The summed E-state index contributed by atoms with van der Waals surface area (Å²) in [6, 6.07) is 0. The van der Waals surface area contributed by atoms with Gasteiger partial charge in [0, 0.05) is 57.0 Å². The first-order chi connectivity index (χ1) is 19.6. The van der Waals surface area contributed by atoms with Crippen LogP contribution in [-0.2, 0) is 42.9 Å². The van der Waals surface area contributed by atoms with Crippen molar-refractivity contribution in [1.82, 2.24) is 19.4 Å². The first kappa shape index (κ1) is 28.4. The summed E-state index contributed by atoms with van der Waals surface area (Å²) in [5.41, 5.74) is 5.56. The fourth-order valence-corrected chi connectivity index (χ4v) is 5.35. The molecule has 5 heterocycles. The third kappa shape index (κ3) is 5.73. The highest BCUT2D eigenvalue weighted by Gasteiger charge is 2.60. The van der Waals surface area contributed by atoms with Gasteiger partial charge >= 0.3 is 17.9 Å². The van der Waals surface area contributed by atoms with Crippen molar-refractivity contribution in [3.05, 3.63) is 24.2 Å². The molecule has 0 bridgehead atoms. The van der Waals surface area contributed by atoms with Gasteiger partial charge in [-0.1, -0.05) is 0 Å². The Labute approximate surface area is 234 Å². The van der Waals surface area contributed by atoms with Crippen LogP contribution in [0.25, 0.3) is 16.7 Å². The minimum Gasteiger partial charge on any atom is -0.463 e. The van der Waals surface area contributed by atoms with E-state index in [-0.39, 0.29) is 24.5 Å². The van der Waals surface area contributed by atoms with Crippen molar-refractivity contribution >= 4 is 46.4 Å². The lowest BCUT2D eigenvalue weighted by molar-refractivity contribution is -0.187. The number of nitrogens with one attached hydrogen (secondary N) is 1. The van der Waals surface area contributed by atoms with Crippen LogP contribution >= 0.6 is 0 Å². The van der Waals surface area contributed by atoms with E-state index in [2.05, 4.69) is 20.2 Å². The van der Waals surface area contributed by atoms with Gasteiger partial charge in [0.25, 0.3) is 5.91 Å². The molecular formula is C26H32N6O9. The monoisotopic (exact) mass is 572 g/mol. The minimum atomic E-state index is -1.60. The van der Waals surface area contributed by atoms with Gasteiger partial charge < -0.3 is 39.3 Å². The summed E-state index contributed by atoms with van der Waals surface area (Å²) in [6.07, 6.45) is 0.911. The van der Waals surface area contributed by atoms with Crippen LogP contribution in [0.1, 0.15) is 39.0 Å². The largest absolute Gasteiger partial charge is 0.463 e. The Morgan fingerprint density at radius 3 is 2.66 bits per heavy atom.